The van der Waals surface area contributed by atoms with Gasteiger partial charge in [-0.3, -0.25) is 14.4 Å². The monoisotopic (exact) mass is 414 g/mol. The number of carbonyl (C=O) groups is 4. The number of para-hydroxylation sites is 1. The SMILES string of the molecule is CCC(=O)[C@@H](C[C@H]1N(C=O)CC[C@@]12C(=O)Nc1ccccc12)C(=COC)C(=O)OC. The van der Waals surface area contributed by atoms with E-state index in [1.807, 2.05) is 24.3 Å². The Kier molecular flexibility index (Phi) is 6.24. The Bertz CT molecular complexity index is 895. The van der Waals surface area contributed by atoms with E-state index in [1.54, 1.807) is 11.8 Å². The van der Waals surface area contributed by atoms with Crippen molar-refractivity contribution in [3.8, 4) is 0 Å². The molecular weight excluding hydrogens is 388 g/mol. The summed E-state index contributed by atoms with van der Waals surface area (Å²) in [6, 6.07) is 6.78. The van der Waals surface area contributed by atoms with Crippen LogP contribution in [0.5, 0.6) is 0 Å². The van der Waals surface area contributed by atoms with E-state index in [4.69, 9.17) is 9.47 Å². The first kappa shape index (κ1) is 21.5. The van der Waals surface area contributed by atoms with E-state index < -0.39 is 23.3 Å². The van der Waals surface area contributed by atoms with Gasteiger partial charge in [-0.1, -0.05) is 25.1 Å². The minimum atomic E-state index is -0.974. The molecule has 1 N–H and O–H groups in total. The molecule has 2 aliphatic rings. The number of hydrogen-bond acceptors (Lipinski definition) is 6. The number of ketones is 1. The molecule has 1 spiro atoms. The highest BCUT2D eigenvalue weighted by Gasteiger charge is 2.58. The maximum absolute atomic E-state index is 13.2. The van der Waals surface area contributed by atoms with E-state index in [-0.39, 0.29) is 30.1 Å². The fourth-order valence-corrected chi connectivity index (χ4v) is 4.71. The first-order chi connectivity index (χ1) is 14.4. The zero-order valence-electron chi connectivity index (χ0n) is 17.3. The Morgan fingerprint density at radius 2 is 2.07 bits per heavy atom. The maximum atomic E-state index is 13.2. The fraction of sp³-hybridized carbons (Fsp3) is 0.455. The lowest BCUT2D eigenvalue weighted by atomic mass is 9.71. The molecule has 1 saturated heterocycles. The highest BCUT2D eigenvalue weighted by molar-refractivity contribution is 6.07. The molecular formula is C22H26N2O6. The van der Waals surface area contributed by atoms with Crippen LogP contribution in [0, 0.1) is 5.92 Å². The second kappa shape index (κ2) is 8.69. The number of rotatable bonds is 8. The molecule has 0 aliphatic carbocycles. The van der Waals surface area contributed by atoms with E-state index in [9.17, 15) is 19.2 Å². The molecule has 0 aromatic heterocycles. The Morgan fingerprint density at radius 1 is 1.33 bits per heavy atom. The molecule has 8 nitrogen and oxygen atoms in total. The van der Waals surface area contributed by atoms with Crippen LogP contribution in [0.2, 0.25) is 0 Å². The molecule has 3 atom stereocenters. The average Bonchev–Trinajstić information content (AvgIpc) is 3.27. The van der Waals surface area contributed by atoms with Gasteiger partial charge in [0.2, 0.25) is 12.3 Å². The zero-order valence-corrected chi connectivity index (χ0v) is 17.3. The molecule has 30 heavy (non-hydrogen) atoms. The van der Waals surface area contributed by atoms with Crippen molar-refractivity contribution in [1.82, 2.24) is 4.90 Å². The number of amides is 2. The van der Waals surface area contributed by atoms with Gasteiger partial charge in [-0.15, -0.1) is 0 Å². The molecule has 0 saturated carbocycles. The maximum Gasteiger partial charge on any atom is 0.337 e. The van der Waals surface area contributed by atoms with Gasteiger partial charge in [0.1, 0.15) is 5.78 Å². The summed E-state index contributed by atoms with van der Waals surface area (Å²) >= 11 is 0. The highest BCUT2D eigenvalue weighted by Crippen LogP contribution is 2.49. The number of fused-ring (bicyclic) bond motifs is 2. The van der Waals surface area contributed by atoms with Crippen molar-refractivity contribution in [2.75, 3.05) is 26.1 Å². The molecule has 0 bridgehead atoms. The summed E-state index contributed by atoms with van der Waals surface area (Å²) in [4.78, 5) is 51.8. The van der Waals surface area contributed by atoms with Gasteiger partial charge >= 0.3 is 5.97 Å². The number of hydrogen-bond donors (Lipinski definition) is 1. The van der Waals surface area contributed by atoms with Crippen molar-refractivity contribution in [3.63, 3.8) is 0 Å². The topological polar surface area (TPSA) is 102 Å². The number of esters is 1. The quantitative estimate of drug-likeness (QED) is 0.301. The average molecular weight is 414 g/mol. The van der Waals surface area contributed by atoms with Crippen LogP contribution in [0.4, 0.5) is 5.69 Å². The minimum Gasteiger partial charge on any atom is -0.504 e. The van der Waals surface area contributed by atoms with Gasteiger partial charge in [0.25, 0.3) is 0 Å². The summed E-state index contributed by atoms with van der Waals surface area (Å²) in [5.41, 5.74) is 0.617. The van der Waals surface area contributed by atoms with E-state index in [1.165, 1.54) is 20.5 Å². The molecule has 3 rings (SSSR count). The molecule has 8 heteroatoms. The summed E-state index contributed by atoms with van der Waals surface area (Å²) in [6.07, 6.45) is 2.65. The lowest BCUT2D eigenvalue weighted by molar-refractivity contribution is -0.138. The van der Waals surface area contributed by atoms with Crippen molar-refractivity contribution >= 4 is 29.8 Å². The molecule has 2 aliphatic heterocycles. The van der Waals surface area contributed by atoms with Gasteiger partial charge < -0.3 is 19.7 Å². The number of nitrogens with zero attached hydrogens (tertiary/aromatic N) is 1. The third-order valence-corrected chi connectivity index (χ3v) is 6.17. The molecule has 0 unspecified atom stereocenters. The number of benzene rings is 1. The highest BCUT2D eigenvalue weighted by atomic mass is 16.5. The third kappa shape index (κ3) is 3.36. The smallest absolute Gasteiger partial charge is 0.337 e. The van der Waals surface area contributed by atoms with E-state index in [0.29, 0.717) is 25.1 Å². The van der Waals surface area contributed by atoms with Crippen LogP contribution in [-0.4, -0.2) is 55.8 Å². The van der Waals surface area contributed by atoms with E-state index in [2.05, 4.69) is 5.32 Å². The molecule has 1 aromatic rings. The Balaban J connectivity index is 2.08. The number of anilines is 1. The molecule has 1 fully saturated rings. The van der Waals surface area contributed by atoms with Gasteiger partial charge in [0.15, 0.2) is 0 Å². The number of methoxy groups -OCH3 is 2. The lowest BCUT2D eigenvalue weighted by Gasteiger charge is -2.34. The third-order valence-electron chi connectivity index (χ3n) is 6.17. The van der Waals surface area contributed by atoms with Crippen molar-refractivity contribution < 1.29 is 28.7 Å². The molecule has 2 heterocycles. The number of carbonyl (C=O) groups excluding carboxylic acids is 4. The summed E-state index contributed by atoms with van der Waals surface area (Å²) in [5, 5.41) is 2.91. The van der Waals surface area contributed by atoms with Crippen molar-refractivity contribution in [2.24, 2.45) is 5.92 Å². The molecule has 160 valence electrons. The van der Waals surface area contributed by atoms with Crippen molar-refractivity contribution in [2.45, 2.75) is 37.6 Å². The van der Waals surface area contributed by atoms with Gasteiger partial charge in [-0.05, 0) is 24.5 Å². The van der Waals surface area contributed by atoms with E-state index in [0.717, 1.165) is 5.56 Å². The summed E-state index contributed by atoms with van der Waals surface area (Å²) in [6.45, 7) is 2.08. The second-order valence-electron chi connectivity index (χ2n) is 7.49. The molecule has 2 amide bonds. The van der Waals surface area contributed by atoms with Gasteiger partial charge in [-0.2, -0.15) is 0 Å². The normalized spacial score (nSPS) is 23.7. The predicted octanol–water partition coefficient (Wildman–Crippen LogP) is 1.80. The predicted molar refractivity (Wildman–Crippen MR) is 108 cm³/mol. The van der Waals surface area contributed by atoms with Crippen LogP contribution < -0.4 is 5.32 Å². The summed E-state index contributed by atoms with van der Waals surface area (Å²) in [7, 11) is 2.61. The standard InChI is InChI=1S/C22H26N2O6/c1-4-18(26)14(15(12-29-2)20(27)30-3)11-19-22(9-10-24(19)13-25)16-7-5-6-8-17(16)23-21(22)28/h5-8,12-14,19H,4,9-11H2,1-3H3,(H,23,28)/t14-,19+,22-/m0/s1. The van der Waals surface area contributed by atoms with Crippen molar-refractivity contribution in [1.29, 1.82) is 0 Å². The minimum absolute atomic E-state index is 0.0754. The van der Waals surface area contributed by atoms with E-state index >= 15 is 0 Å². The summed E-state index contributed by atoms with van der Waals surface area (Å²) in [5.74, 6) is -1.94. The number of Topliss-reactive ketones (excluding diaryl/α,β-unsaturated/α-hetero) is 1. The van der Waals surface area contributed by atoms with Crippen LogP contribution in [0.15, 0.2) is 36.1 Å². The molecule has 1 aromatic carbocycles. The van der Waals surface area contributed by atoms with Crippen LogP contribution in [0.3, 0.4) is 0 Å². The summed E-state index contributed by atoms with van der Waals surface area (Å²) < 4.78 is 9.89. The first-order valence-corrected chi connectivity index (χ1v) is 9.90. The second-order valence-corrected chi connectivity index (χ2v) is 7.49. The number of likely N-dealkylation sites (tertiary alicyclic amines) is 1. The van der Waals surface area contributed by atoms with Crippen molar-refractivity contribution in [3.05, 3.63) is 41.7 Å². The van der Waals surface area contributed by atoms with Crippen LogP contribution in [0.25, 0.3) is 0 Å². The first-order valence-electron chi connectivity index (χ1n) is 9.90. The molecule has 0 radical (unpaired) electrons. The largest absolute Gasteiger partial charge is 0.504 e. The Morgan fingerprint density at radius 3 is 2.70 bits per heavy atom. The van der Waals surface area contributed by atoms with Gasteiger partial charge in [-0.25, -0.2) is 4.79 Å². The van der Waals surface area contributed by atoms with Gasteiger partial charge in [0.05, 0.1) is 43.4 Å². The number of nitrogens with one attached hydrogen (secondary N) is 1. The van der Waals surface area contributed by atoms with Crippen LogP contribution >= 0.6 is 0 Å². The Labute approximate surface area is 175 Å². The van der Waals surface area contributed by atoms with Crippen LogP contribution in [0.1, 0.15) is 31.7 Å². The van der Waals surface area contributed by atoms with Crippen LogP contribution in [-0.2, 0) is 34.1 Å². The number of ether oxygens (including phenoxy) is 2. The lowest BCUT2D eigenvalue weighted by Crippen LogP contribution is -2.48. The fourth-order valence-electron chi connectivity index (χ4n) is 4.71. The zero-order chi connectivity index (χ0) is 21.9. The van der Waals surface area contributed by atoms with Gasteiger partial charge in [0, 0.05) is 18.7 Å². The Hall–Kier alpha value is -3.16.